The molecule has 0 aliphatic heterocycles. The highest BCUT2D eigenvalue weighted by Gasteiger charge is 2.27. The molecule has 1 N–H and O–H groups in total. The van der Waals surface area contributed by atoms with Crippen LogP contribution in [0.3, 0.4) is 0 Å². The van der Waals surface area contributed by atoms with E-state index >= 15 is 0 Å². The van der Waals surface area contributed by atoms with Gasteiger partial charge in [-0.15, -0.1) is 0 Å². The number of rotatable bonds is 65. The van der Waals surface area contributed by atoms with Gasteiger partial charge in [-0.05, 0) is 51.4 Å². The zero-order chi connectivity index (χ0) is 59.1. The van der Waals surface area contributed by atoms with Crippen molar-refractivity contribution in [3.8, 4) is 0 Å². The predicted octanol–water partition coefficient (Wildman–Crippen LogP) is 22.4. The van der Waals surface area contributed by atoms with E-state index in [9.17, 15) is 19.0 Å². The van der Waals surface area contributed by atoms with Crippen molar-refractivity contribution in [2.45, 2.75) is 347 Å². The van der Waals surface area contributed by atoms with Crippen molar-refractivity contribution in [2.75, 3.05) is 47.5 Å². The van der Waals surface area contributed by atoms with Crippen molar-refractivity contribution in [1.29, 1.82) is 0 Å². The quantitative estimate of drug-likeness (QED) is 0.0211. The highest BCUT2D eigenvalue weighted by molar-refractivity contribution is 7.47. The van der Waals surface area contributed by atoms with Crippen molar-refractivity contribution in [1.82, 2.24) is 0 Å². The molecule has 0 spiro atoms. The largest absolute Gasteiger partial charge is 0.472 e. The molecule has 2 atom stereocenters. The maximum Gasteiger partial charge on any atom is 0.472 e. The molecule has 81 heavy (non-hydrogen) atoms. The van der Waals surface area contributed by atoms with Crippen molar-refractivity contribution < 1.29 is 42.1 Å². The van der Waals surface area contributed by atoms with Crippen LogP contribution >= 0.6 is 7.82 Å². The summed E-state index contributed by atoms with van der Waals surface area (Å²) in [5.41, 5.74) is 0. The summed E-state index contributed by atoms with van der Waals surface area (Å²) in [7, 11) is 1.48. The number of hydrogen-bond donors (Lipinski definition) is 1. The van der Waals surface area contributed by atoms with Crippen LogP contribution in [-0.2, 0) is 32.7 Å². The molecule has 0 fully saturated rings. The van der Waals surface area contributed by atoms with Crippen molar-refractivity contribution in [2.24, 2.45) is 0 Å². The third-order valence-electron chi connectivity index (χ3n) is 15.6. The number of unbranched alkanes of at least 4 members (excludes halogenated alkanes) is 43. The molecule has 0 heterocycles. The van der Waals surface area contributed by atoms with Gasteiger partial charge in [-0.1, -0.05) is 326 Å². The Bertz CT molecular complexity index is 1510. The molecule has 0 aromatic heterocycles. The summed E-state index contributed by atoms with van der Waals surface area (Å²) < 4.78 is 34.7. The van der Waals surface area contributed by atoms with Crippen LogP contribution < -0.4 is 0 Å². The molecule has 0 aliphatic rings. The number of carbonyl (C=O) groups excluding carboxylic acids is 2. The van der Waals surface area contributed by atoms with Gasteiger partial charge in [0.1, 0.15) is 19.8 Å². The Labute approximate surface area is 503 Å². The fourth-order valence-electron chi connectivity index (χ4n) is 10.3. The Morgan fingerprint density at radius 3 is 1.05 bits per heavy atom. The van der Waals surface area contributed by atoms with Gasteiger partial charge >= 0.3 is 19.8 Å². The van der Waals surface area contributed by atoms with Gasteiger partial charge in [0.15, 0.2) is 6.10 Å². The van der Waals surface area contributed by atoms with Gasteiger partial charge in [-0.3, -0.25) is 18.6 Å². The molecule has 0 radical (unpaired) electrons. The predicted molar refractivity (Wildman–Crippen MR) is 349 cm³/mol. The lowest BCUT2D eigenvalue weighted by Gasteiger charge is -2.24. The number of allylic oxidation sites excluding steroid dienone is 8. The number of phosphoric acid groups is 1. The maximum atomic E-state index is 12.8. The smallest absolute Gasteiger partial charge is 0.462 e. The summed E-state index contributed by atoms with van der Waals surface area (Å²) in [4.78, 5) is 35.8. The molecule has 0 bridgehead atoms. The first-order valence-corrected chi connectivity index (χ1v) is 36.4. The second-order valence-electron chi connectivity index (χ2n) is 24.9. The Morgan fingerprint density at radius 2 is 0.704 bits per heavy atom. The van der Waals surface area contributed by atoms with E-state index in [4.69, 9.17) is 18.5 Å². The molecular weight excluding hydrogens is 1030 g/mol. The van der Waals surface area contributed by atoms with Crippen molar-refractivity contribution in [3.05, 3.63) is 48.6 Å². The number of hydrogen-bond acceptors (Lipinski definition) is 7. The first-order valence-electron chi connectivity index (χ1n) is 34.9. The summed E-state index contributed by atoms with van der Waals surface area (Å²) in [6.07, 6.45) is 80.9. The first kappa shape index (κ1) is 79.0. The lowest BCUT2D eigenvalue weighted by atomic mass is 10.0. The molecule has 0 saturated heterocycles. The minimum atomic E-state index is -4.39. The minimum absolute atomic E-state index is 0.0303. The summed E-state index contributed by atoms with van der Waals surface area (Å²) in [6.45, 7) is 4.36. The maximum absolute atomic E-state index is 12.8. The van der Waals surface area contributed by atoms with Crippen LogP contribution in [0.4, 0.5) is 0 Å². The van der Waals surface area contributed by atoms with Gasteiger partial charge in [0, 0.05) is 12.8 Å². The number of ether oxygens (including phenoxy) is 2. The van der Waals surface area contributed by atoms with Crippen molar-refractivity contribution >= 4 is 19.8 Å². The molecule has 9 nitrogen and oxygen atoms in total. The Kier molecular flexibility index (Phi) is 60.9. The standard InChI is InChI=1S/C71H134NO8P/c1-6-8-10-12-14-16-18-20-22-24-26-28-29-30-31-32-33-34-35-36-37-38-39-40-41-42-44-45-47-49-51-53-55-57-59-61-63-70(73)77-67-69(68-79-81(75,76)78-66-65-72(3,4)5)80-71(74)64-62-60-58-56-54-52-50-48-46-43-27-25-23-21-19-17-15-13-11-9-7-2/h9,11,15,17,21,23,27,43,69H,6-8,10,12-14,16,18-20,22,24-26,28-42,44-68H2,1-5H3/p+1/b11-9-,17-15-,23-21-,43-27-. The number of quaternary nitrogens is 1. The van der Waals surface area contributed by atoms with Gasteiger partial charge in [0.25, 0.3) is 0 Å². The second-order valence-corrected chi connectivity index (χ2v) is 26.4. The first-order chi connectivity index (χ1) is 39.5. The lowest BCUT2D eigenvalue weighted by molar-refractivity contribution is -0.870. The van der Waals surface area contributed by atoms with Gasteiger partial charge in [0.2, 0.25) is 0 Å². The van der Waals surface area contributed by atoms with Gasteiger partial charge in [-0.25, -0.2) is 4.57 Å². The number of phosphoric ester groups is 1. The molecule has 476 valence electrons. The zero-order valence-electron chi connectivity index (χ0n) is 54.3. The fraction of sp³-hybridized carbons (Fsp3) is 0.859. The van der Waals surface area contributed by atoms with Crippen LogP contribution in [0.5, 0.6) is 0 Å². The van der Waals surface area contributed by atoms with E-state index in [0.717, 1.165) is 70.6 Å². The second kappa shape index (κ2) is 62.5. The van der Waals surface area contributed by atoms with E-state index in [0.29, 0.717) is 23.9 Å². The normalized spacial score (nSPS) is 13.4. The highest BCUT2D eigenvalue weighted by atomic mass is 31.2. The average Bonchev–Trinajstić information content (AvgIpc) is 3.43. The molecule has 0 aliphatic carbocycles. The summed E-state index contributed by atoms with van der Waals surface area (Å²) >= 11 is 0. The molecule has 0 amide bonds. The summed E-state index contributed by atoms with van der Waals surface area (Å²) in [5, 5.41) is 0. The van der Waals surface area contributed by atoms with Crippen LogP contribution in [0.1, 0.15) is 341 Å². The van der Waals surface area contributed by atoms with Crippen LogP contribution in [0.2, 0.25) is 0 Å². The summed E-state index contributed by atoms with van der Waals surface area (Å²) in [6, 6.07) is 0. The molecule has 0 saturated carbocycles. The molecule has 2 unspecified atom stereocenters. The van der Waals surface area contributed by atoms with Crippen LogP contribution in [0.15, 0.2) is 48.6 Å². The third-order valence-corrected chi connectivity index (χ3v) is 16.6. The third kappa shape index (κ3) is 67.0. The lowest BCUT2D eigenvalue weighted by Crippen LogP contribution is -2.37. The molecule has 0 aromatic carbocycles. The number of nitrogens with zero attached hydrogens (tertiary/aromatic N) is 1. The molecule has 0 rings (SSSR count). The molecule has 10 heteroatoms. The van der Waals surface area contributed by atoms with Gasteiger partial charge in [0.05, 0.1) is 27.7 Å². The summed E-state index contributed by atoms with van der Waals surface area (Å²) in [5.74, 6) is -0.792. The number of esters is 2. The molecule has 0 aromatic rings. The number of likely N-dealkylation sites (N-methyl/N-ethyl adjacent to an activating group) is 1. The molecular formula is C71H135NO8P+. The van der Waals surface area contributed by atoms with E-state index in [2.05, 4.69) is 62.5 Å². The Morgan fingerprint density at radius 1 is 0.395 bits per heavy atom. The van der Waals surface area contributed by atoms with Gasteiger partial charge < -0.3 is 18.9 Å². The topological polar surface area (TPSA) is 108 Å². The number of carbonyl (C=O) groups is 2. The van der Waals surface area contributed by atoms with E-state index in [1.54, 1.807) is 0 Å². The van der Waals surface area contributed by atoms with Crippen LogP contribution in [0.25, 0.3) is 0 Å². The van der Waals surface area contributed by atoms with Crippen molar-refractivity contribution in [3.63, 3.8) is 0 Å². The average molecular weight is 1160 g/mol. The van der Waals surface area contributed by atoms with E-state index < -0.39 is 26.5 Å². The Hall–Kier alpha value is -2.03. The highest BCUT2D eigenvalue weighted by Crippen LogP contribution is 2.43. The minimum Gasteiger partial charge on any atom is -0.462 e. The monoisotopic (exact) mass is 1160 g/mol. The fourth-order valence-corrected chi connectivity index (χ4v) is 11.0. The zero-order valence-corrected chi connectivity index (χ0v) is 55.2. The van der Waals surface area contributed by atoms with E-state index in [1.807, 2.05) is 21.1 Å². The van der Waals surface area contributed by atoms with E-state index in [1.165, 1.54) is 238 Å². The van der Waals surface area contributed by atoms with Gasteiger partial charge in [-0.2, -0.15) is 0 Å². The van der Waals surface area contributed by atoms with E-state index in [-0.39, 0.29) is 25.6 Å². The van der Waals surface area contributed by atoms with Crippen LogP contribution in [0, 0.1) is 0 Å². The SMILES string of the molecule is CC/C=C\C/C=C\C/C=C\C/C=C\CCCCCCCCCCC(=O)OC(COC(=O)CCCCCCCCCCCCCCCCCCCCCCCCCCCCCCCCCCCCCC)COP(=O)(O)OCC[N+](C)(C)C. The Balaban J connectivity index is 3.94. The van der Waals surface area contributed by atoms with Crippen LogP contribution in [-0.4, -0.2) is 74.9 Å².